The van der Waals surface area contributed by atoms with Crippen LogP contribution in [0.5, 0.6) is 0 Å². The zero-order valence-electron chi connectivity index (χ0n) is 11.3. The van der Waals surface area contributed by atoms with Crippen LogP contribution in [0, 0.1) is 5.82 Å². The average Bonchev–Trinajstić information content (AvgIpc) is 2.36. The Bertz CT molecular complexity index is 340. The van der Waals surface area contributed by atoms with Gasteiger partial charge < -0.3 is 14.8 Å². The second-order valence-electron chi connectivity index (χ2n) is 4.08. The molecule has 0 heterocycles. The molecule has 0 fully saturated rings. The predicted molar refractivity (Wildman–Crippen MR) is 69.7 cm³/mol. The fourth-order valence-electron chi connectivity index (χ4n) is 1.69. The summed E-state index contributed by atoms with van der Waals surface area (Å²) in [5.74, 6) is -0.215. The first-order valence-corrected chi connectivity index (χ1v) is 6.38. The molecule has 1 aromatic rings. The highest BCUT2D eigenvalue weighted by Gasteiger charge is 2.16. The van der Waals surface area contributed by atoms with Crippen molar-refractivity contribution in [2.45, 2.75) is 39.6 Å². The van der Waals surface area contributed by atoms with Crippen molar-refractivity contribution in [3.8, 4) is 0 Å². The van der Waals surface area contributed by atoms with Gasteiger partial charge in [0.25, 0.3) is 0 Å². The first-order valence-electron chi connectivity index (χ1n) is 6.38. The minimum absolute atomic E-state index is 0.0492. The van der Waals surface area contributed by atoms with Gasteiger partial charge in [0, 0.05) is 19.8 Å². The van der Waals surface area contributed by atoms with Crippen molar-refractivity contribution in [3.05, 3.63) is 35.6 Å². The molecular formula is C14H22FNO2. The van der Waals surface area contributed by atoms with Crippen LogP contribution in [0.15, 0.2) is 24.3 Å². The SMILES string of the molecule is CCOC(OCC)C(C)NCc1cccc(F)c1. The number of rotatable bonds is 8. The van der Waals surface area contributed by atoms with E-state index in [-0.39, 0.29) is 18.1 Å². The molecule has 4 heteroatoms. The highest BCUT2D eigenvalue weighted by molar-refractivity contribution is 5.16. The minimum Gasteiger partial charge on any atom is -0.351 e. The van der Waals surface area contributed by atoms with Gasteiger partial charge in [-0.05, 0) is 38.5 Å². The molecule has 1 rings (SSSR count). The Morgan fingerprint density at radius 3 is 2.44 bits per heavy atom. The van der Waals surface area contributed by atoms with Crippen molar-refractivity contribution in [2.75, 3.05) is 13.2 Å². The van der Waals surface area contributed by atoms with Crippen molar-refractivity contribution < 1.29 is 13.9 Å². The summed E-state index contributed by atoms with van der Waals surface area (Å²) in [5.41, 5.74) is 0.911. The third-order valence-electron chi connectivity index (χ3n) is 2.59. The fraction of sp³-hybridized carbons (Fsp3) is 0.571. The molecule has 0 aromatic heterocycles. The van der Waals surface area contributed by atoms with E-state index in [1.807, 2.05) is 26.8 Å². The van der Waals surface area contributed by atoms with Crippen LogP contribution in [0.2, 0.25) is 0 Å². The van der Waals surface area contributed by atoms with Crippen LogP contribution in [-0.2, 0) is 16.0 Å². The average molecular weight is 255 g/mol. The first-order chi connectivity index (χ1) is 8.67. The lowest BCUT2D eigenvalue weighted by Gasteiger charge is -2.24. The summed E-state index contributed by atoms with van der Waals surface area (Å²) in [6.45, 7) is 7.68. The molecule has 0 bridgehead atoms. The van der Waals surface area contributed by atoms with Gasteiger partial charge in [-0.15, -0.1) is 0 Å². The molecule has 1 aromatic carbocycles. The summed E-state index contributed by atoms with van der Waals surface area (Å²) in [4.78, 5) is 0. The Morgan fingerprint density at radius 2 is 1.89 bits per heavy atom. The number of benzene rings is 1. The van der Waals surface area contributed by atoms with E-state index in [2.05, 4.69) is 5.32 Å². The zero-order valence-corrected chi connectivity index (χ0v) is 11.3. The summed E-state index contributed by atoms with van der Waals surface area (Å²) >= 11 is 0. The molecule has 1 N–H and O–H groups in total. The maximum Gasteiger partial charge on any atom is 0.172 e. The largest absolute Gasteiger partial charge is 0.351 e. The second kappa shape index (κ2) is 8.19. The Balaban J connectivity index is 2.45. The molecule has 0 saturated heterocycles. The van der Waals surface area contributed by atoms with Crippen molar-refractivity contribution >= 4 is 0 Å². The quantitative estimate of drug-likeness (QED) is 0.724. The van der Waals surface area contributed by atoms with Gasteiger partial charge in [-0.1, -0.05) is 12.1 Å². The molecule has 102 valence electrons. The number of hydrogen-bond donors (Lipinski definition) is 1. The summed E-state index contributed by atoms with van der Waals surface area (Å²) in [7, 11) is 0. The molecule has 0 aliphatic carbocycles. The molecule has 0 radical (unpaired) electrons. The molecule has 1 unspecified atom stereocenters. The zero-order chi connectivity index (χ0) is 13.4. The van der Waals surface area contributed by atoms with Crippen molar-refractivity contribution in [1.29, 1.82) is 0 Å². The topological polar surface area (TPSA) is 30.5 Å². The highest BCUT2D eigenvalue weighted by atomic mass is 19.1. The molecule has 0 saturated carbocycles. The van der Waals surface area contributed by atoms with E-state index in [0.29, 0.717) is 19.8 Å². The van der Waals surface area contributed by atoms with Gasteiger partial charge >= 0.3 is 0 Å². The van der Waals surface area contributed by atoms with E-state index in [9.17, 15) is 4.39 Å². The van der Waals surface area contributed by atoms with Crippen LogP contribution in [0.1, 0.15) is 26.3 Å². The number of nitrogens with one attached hydrogen (secondary N) is 1. The van der Waals surface area contributed by atoms with E-state index in [1.165, 1.54) is 12.1 Å². The number of hydrogen-bond acceptors (Lipinski definition) is 3. The standard InChI is InChI=1S/C14H22FNO2/c1-4-17-14(18-5-2)11(3)16-10-12-7-6-8-13(15)9-12/h6-9,11,14,16H,4-5,10H2,1-3H3. The normalized spacial score (nSPS) is 12.9. The Hall–Kier alpha value is -0.970. The van der Waals surface area contributed by atoms with E-state index in [1.54, 1.807) is 6.07 Å². The molecule has 0 amide bonds. The second-order valence-corrected chi connectivity index (χ2v) is 4.08. The van der Waals surface area contributed by atoms with Gasteiger partial charge in [0.15, 0.2) is 6.29 Å². The smallest absolute Gasteiger partial charge is 0.172 e. The third-order valence-corrected chi connectivity index (χ3v) is 2.59. The molecule has 18 heavy (non-hydrogen) atoms. The maximum absolute atomic E-state index is 13.0. The Kier molecular flexibility index (Phi) is 6.86. The van der Waals surface area contributed by atoms with E-state index < -0.39 is 0 Å². The Labute approximate surface area is 108 Å². The monoisotopic (exact) mass is 255 g/mol. The number of ether oxygens (including phenoxy) is 2. The predicted octanol–water partition coefficient (Wildman–Crippen LogP) is 2.70. The van der Waals surface area contributed by atoms with Crippen LogP contribution >= 0.6 is 0 Å². The molecule has 0 aliphatic heterocycles. The van der Waals surface area contributed by atoms with Crippen molar-refractivity contribution in [2.24, 2.45) is 0 Å². The van der Waals surface area contributed by atoms with Crippen LogP contribution in [0.3, 0.4) is 0 Å². The van der Waals surface area contributed by atoms with Crippen LogP contribution in [-0.4, -0.2) is 25.5 Å². The molecular weight excluding hydrogens is 233 g/mol. The molecule has 0 aliphatic rings. The van der Waals surface area contributed by atoms with Crippen molar-refractivity contribution in [3.63, 3.8) is 0 Å². The summed E-state index contributed by atoms with van der Waals surface area (Å²) < 4.78 is 24.0. The fourth-order valence-corrected chi connectivity index (χ4v) is 1.69. The molecule has 1 atom stereocenters. The lowest BCUT2D eigenvalue weighted by Crippen LogP contribution is -2.40. The van der Waals surface area contributed by atoms with E-state index in [0.717, 1.165) is 5.56 Å². The third kappa shape index (κ3) is 5.12. The van der Waals surface area contributed by atoms with Gasteiger partial charge in [0.1, 0.15) is 5.82 Å². The van der Waals surface area contributed by atoms with E-state index >= 15 is 0 Å². The summed E-state index contributed by atoms with van der Waals surface area (Å²) in [6, 6.07) is 6.61. The minimum atomic E-state index is -0.270. The maximum atomic E-state index is 13.0. The van der Waals surface area contributed by atoms with Gasteiger partial charge in [-0.2, -0.15) is 0 Å². The van der Waals surface area contributed by atoms with Gasteiger partial charge in [-0.3, -0.25) is 0 Å². The van der Waals surface area contributed by atoms with Crippen LogP contribution in [0.25, 0.3) is 0 Å². The lowest BCUT2D eigenvalue weighted by atomic mass is 10.2. The van der Waals surface area contributed by atoms with Crippen molar-refractivity contribution in [1.82, 2.24) is 5.32 Å². The summed E-state index contributed by atoms with van der Waals surface area (Å²) in [5, 5.41) is 3.28. The Morgan fingerprint density at radius 1 is 1.22 bits per heavy atom. The van der Waals surface area contributed by atoms with Gasteiger partial charge in [0.05, 0.1) is 6.04 Å². The molecule has 3 nitrogen and oxygen atoms in total. The lowest BCUT2D eigenvalue weighted by molar-refractivity contribution is -0.151. The number of halogens is 1. The summed E-state index contributed by atoms with van der Waals surface area (Å²) in [6.07, 6.45) is -0.270. The van der Waals surface area contributed by atoms with E-state index in [4.69, 9.17) is 9.47 Å². The van der Waals surface area contributed by atoms with Gasteiger partial charge in [0.2, 0.25) is 0 Å². The highest BCUT2D eigenvalue weighted by Crippen LogP contribution is 2.06. The molecule has 0 spiro atoms. The van der Waals surface area contributed by atoms with Gasteiger partial charge in [-0.25, -0.2) is 4.39 Å². The van der Waals surface area contributed by atoms with Crippen LogP contribution in [0.4, 0.5) is 4.39 Å². The van der Waals surface area contributed by atoms with Crippen LogP contribution < -0.4 is 5.32 Å². The first kappa shape index (κ1) is 15.1.